The van der Waals surface area contributed by atoms with Gasteiger partial charge in [0.1, 0.15) is 18.3 Å². The van der Waals surface area contributed by atoms with Crippen LogP contribution in [0, 0.1) is 6.92 Å². The number of methoxy groups -OCH3 is 1. The molecular formula is C34H35Cl2N3O5S. The van der Waals surface area contributed by atoms with Crippen LogP contribution in [0.25, 0.3) is 0 Å². The molecule has 1 N–H and O–H groups in total. The lowest BCUT2D eigenvalue weighted by Crippen LogP contribution is -2.53. The highest BCUT2D eigenvalue weighted by atomic mass is 35.5. The van der Waals surface area contributed by atoms with Crippen LogP contribution in [0.5, 0.6) is 5.75 Å². The third kappa shape index (κ3) is 8.57. The molecule has 0 radical (unpaired) electrons. The smallest absolute Gasteiger partial charge is 0.264 e. The van der Waals surface area contributed by atoms with Crippen molar-refractivity contribution < 1.29 is 22.7 Å². The summed E-state index contributed by atoms with van der Waals surface area (Å²) in [6, 6.07) is 26.1. The molecule has 4 aromatic carbocycles. The molecule has 2 amide bonds. The molecule has 0 saturated carbocycles. The number of rotatable bonds is 13. The summed E-state index contributed by atoms with van der Waals surface area (Å²) in [5.41, 5.74) is 2.48. The summed E-state index contributed by atoms with van der Waals surface area (Å²) < 4.78 is 34.7. The van der Waals surface area contributed by atoms with Gasteiger partial charge in [-0.2, -0.15) is 0 Å². The number of hydrogen-bond donors (Lipinski definition) is 1. The highest BCUT2D eigenvalue weighted by Gasteiger charge is 2.35. The van der Waals surface area contributed by atoms with Crippen LogP contribution in [0.3, 0.4) is 0 Å². The number of sulfonamides is 1. The predicted octanol–water partition coefficient (Wildman–Crippen LogP) is 6.28. The Hall–Kier alpha value is -4.05. The number of halogens is 2. The van der Waals surface area contributed by atoms with Crippen LogP contribution in [0.4, 0.5) is 5.69 Å². The zero-order valence-corrected chi connectivity index (χ0v) is 27.6. The van der Waals surface area contributed by atoms with E-state index in [4.69, 9.17) is 27.9 Å². The van der Waals surface area contributed by atoms with E-state index in [9.17, 15) is 18.0 Å². The first kappa shape index (κ1) is 33.8. The van der Waals surface area contributed by atoms with Gasteiger partial charge in [-0.05, 0) is 61.4 Å². The van der Waals surface area contributed by atoms with E-state index in [1.807, 2.05) is 37.3 Å². The van der Waals surface area contributed by atoms with Crippen molar-refractivity contribution in [3.05, 3.63) is 124 Å². The van der Waals surface area contributed by atoms with Crippen LogP contribution in [0.2, 0.25) is 10.0 Å². The second-order valence-electron chi connectivity index (χ2n) is 10.4. The van der Waals surface area contributed by atoms with E-state index in [0.29, 0.717) is 27.9 Å². The summed E-state index contributed by atoms with van der Waals surface area (Å²) in [6.07, 6.45) is 0.188. The molecule has 0 saturated heterocycles. The van der Waals surface area contributed by atoms with Gasteiger partial charge >= 0.3 is 0 Å². The quantitative estimate of drug-likeness (QED) is 0.181. The van der Waals surface area contributed by atoms with E-state index in [1.165, 1.54) is 24.1 Å². The fourth-order valence-electron chi connectivity index (χ4n) is 4.81. The molecule has 236 valence electrons. The van der Waals surface area contributed by atoms with E-state index in [-0.39, 0.29) is 29.5 Å². The summed E-state index contributed by atoms with van der Waals surface area (Å²) in [7, 11) is -2.77. The van der Waals surface area contributed by atoms with Gasteiger partial charge in [0, 0.05) is 35.6 Å². The number of nitrogens with one attached hydrogen (secondary N) is 1. The average Bonchev–Trinajstić information content (AvgIpc) is 3.03. The normalized spacial score (nSPS) is 11.8. The third-order valence-corrected chi connectivity index (χ3v) is 9.58. The first-order chi connectivity index (χ1) is 21.5. The Kier molecular flexibility index (Phi) is 11.5. The maximum absolute atomic E-state index is 14.5. The summed E-state index contributed by atoms with van der Waals surface area (Å²) >= 11 is 12.7. The number of hydrogen-bond acceptors (Lipinski definition) is 5. The summed E-state index contributed by atoms with van der Waals surface area (Å²) in [5.74, 6) is -0.570. The van der Waals surface area contributed by atoms with E-state index in [0.717, 1.165) is 15.4 Å². The summed E-state index contributed by atoms with van der Waals surface area (Å²) in [6.45, 7) is 3.32. The fourth-order valence-corrected chi connectivity index (χ4v) is 6.69. The van der Waals surface area contributed by atoms with Gasteiger partial charge in [-0.3, -0.25) is 13.9 Å². The second kappa shape index (κ2) is 15.3. The lowest BCUT2D eigenvalue weighted by molar-refractivity contribution is -0.140. The Labute approximate surface area is 274 Å². The van der Waals surface area contributed by atoms with Gasteiger partial charge in [0.15, 0.2) is 0 Å². The molecule has 0 aromatic heterocycles. The van der Waals surface area contributed by atoms with Gasteiger partial charge in [-0.15, -0.1) is 0 Å². The maximum Gasteiger partial charge on any atom is 0.264 e. The number of carbonyl (C=O) groups excluding carboxylic acids is 2. The van der Waals surface area contributed by atoms with Crippen molar-refractivity contribution in [3.8, 4) is 5.75 Å². The lowest BCUT2D eigenvalue weighted by Gasteiger charge is -2.34. The largest absolute Gasteiger partial charge is 0.497 e. The van der Waals surface area contributed by atoms with Crippen LogP contribution in [0.15, 0.2) is 102 Å². The standard InChI is InChI=1S/C34H35Cl2N3O5S/c1-4-37-34(41)32(19-25-9-6-5-7-10-25)38(22-26-15-16-27(35)20-31(26)36)33(40)23-39(28-11-8-12-29(21-28)44-3)45(42,43)30-17-13-24(2)14-18-30/h5-18,20-21,32H,4,19,22-23H2,1-3H3,(H,37,41)/t32-/m1/s1. The number of carbonyl (C=O) groups is 2. The molecule has 11 heteroatoms. The summed E-state index contributed by atoms with van der Waals surface area (Å²) in [5, 5.41) is 3.56. The molecule has 0 aliphatic rings. The van der Waals surface area contributed by atoms with Crippen LogP contribution >= 0.6 is 23.2 Å². The Balaban J connectivity index is 1.83. The number of amides is 2. The zero-order chi connectivity index (χ0) is 32.6. The van der Waals surface area contributed by atoms with Crippen molar-refractivity contribution in [1.82, 2.24) is 10.2 Å². The molecule has 8 nitrogen and oxygen atoms in total. The third-order valence-electron chi connectivity index (χ3n) is 7.21. The molecule has 4 aromatic rings. The Morgan fingerprint density at radius 2 is 1.62 bits per heavy atom. The van der Waals surface area contributed by atoms with Crippen molar-refractivity contribution >= 4 is 50.7 Å². The molecule has 0 heterocycles. The Morgan fingerprint density at radius 1 is 0.911 bits per heavy atom. The van der Waals surface area contributed by atoms with Gasteiger partial charge in [0.2, 0.25) is 11.8 Å². The molecular weight excluding hydrogens is 633 g/mol. The van der Waals surface area contributed by atoms with E-state index in [1.54, 1.807) is 61.5 Å². The maximum atomic E-state index is 14.5. The fraction of sp³-hybridized carbons (Fsp3) is 0.235. The SMILES string of the molecule is CCNC(=O)[C@@H](Cc1ccccc1)N(Cc1ccc(Cl)cc1Cl)C(=O)CN(c1cccc(OC)c1)S(=O)(=O)c1ccc(C)cc1. The van der Waals surface area contributed by atoms with E-state index in [2.05, 4.69) is 5.32 Å². The first-order valence-corrected chi connectivity index (χ1v) is 16.5. The van der Waals surface area contributed by atoms with Gasteiger partial charge in [0.25, 0.3) is 10.0 Å². The second-order valence-corrected chi connectivity index (χ2v) is 13.1. The van der Waals surface area contributed by atoms with Crippen LogP contribution < -0.4 is 14.4 Å². The minimum Gasteiger partial charge on any atom is -0.497 e. The lowest BCUT2D eigenvalue weighted by atomic mass is 10.0. The van der Waals surface area contributed by atoms with Crippen LogP contribution in [-0.2, 0) is 32.6 Å². The van der Waals surface area contributed by atoms with Crippen molar-refractivity contribution in [3.63, 3.8) is 0 Å². The number of benzene rings is 4. The molecule has 0 fully saturated rings. The minimum atomic E-state index is -4.24. The monoisotopic (exact) mass is 667 g/mol. The van der Waals surface area contributed by atoms with Gasteiger partial charge in [0.05, 0.1) is 17.7 Å². The molecule has 1 atom stereocenters. The zero-order valence-electron chi connectivity index (χ0n) is 25.2. The average molecular weight is 669 g/mol. The van der Waals surface area contributed by atoms with E-state index < -0.39 is 28.5 Å². The summed E-state index contributed by atoms with van der Waals surface area (Å²) in [4.78, 5) is 29.5. The number of likely N-dealkylation sites (N-methyl/N-ethyl adjacent to an activating group) is 1. The van der Waals surface area contributed by atoms with Crippen LogP contribution in [0.1, 0.15) is 23.6 Å². The van der Waals surface area contributed by atoms with Crippen molar-refractivity contribution in [2.75, 3.05) is 24.5 Å². The highest BCUT2D eigenvalue weighted by Crippen LogP contribution is 2.29. The van der Waals surface area contributed by atoms with Gasteiger partial charge in [-0.1, -0.05) is 83.4 Å². The Bertz CT molecular complexity index is 1730. The van der Waals surface area contributed by atoms with Crippen LogP contribution in [-0.4, -0.2) is 51.4 Å². The minimum absolute atomic E-state index is 0.0144. The number of anilines is 1. The van der Waals surface area contributed by atoms with Crippen molar-refractivity contribution in [1.29, 1.82) is 0 Å². The number of ether oxygens (including phenoxy) is 1. The molecule has 0 bridgehead atoms. The molecule has 0 spiro atoms. The molecule has 45 heavy (non-hydrogen) atoms. The number of aryl methyl sites for hydroxylation is 1. The van der Waals surface area contributed by atoms with Gasteiger partial charge in [-0.25, -0.2) is 8.42 Å². The predicted molar refractivity (Wildman–Crippen MR) is 178 cm³/mol. The topological polar surface area (TPSA) is 96.0 Å². The first-order valence-electron chi connectivity index (χ1n) is 14.3. The van der Waals surface area contributed by atoms with Crippen molar-refractivity contribution in [2.45, 2.75) is 37.8 Å². The Morgan fingerprint density at radius 3 is 2.27 bits per heavy atom. The molecule has 0 aliphatic carbocycles. The number of nitrogens with zero attached hydrogens (tertiary/aromatic N) is 2. The molecule has 4 rings (SSSR count). The molecule has 0 unspecified atom stereocenters. The van der Waals surface area contributed by atoms with E-state index >= 15 is 0 Å². The highest BCUT2D eigenvalue weighted by molar-refractivity contribution is 7.92. The van der Waals surface area contributed by atoms with Crippen molar-refractivity contribution in [2.24, 2.45) is 0 Å². The molecule has 0 aliphatic heterocycles. The van der Waals surface area contributed by atoms with Gasteiger partial charge < -0.3 is 15.0 Å².